The summed E-state index contributed by atoms with van der Waals surface area (Å²) in [5.41, 5.74) is 1.26. The first-order valence-corrected chi connectivity index (χ1v) is 6.68. The Balaban J connectivity index is 2.44. The normalized spacial score (nSPS) is 12.9. The number of rotatable bonds is 5. The van der Waals surface area contributed by atoms with Crippen molar-refractivity contribution in [3.05, 3.63) is 27.8 Å². The molecule has 1 nitrogen and oxygen atoms in total. The van der Waals surface area contributed by atoms with Gasteiger partial charge in [-0.05, 0) is 60.4 Å². The fourth-order valence-corrected chi connectivity index (χ4v) is 2.04. The van der Waals surface area contributed by atoms with Crippen molar-refractivity contribution in [1.29, 1.82) is 0 Å². The molecule has 0 amide bonds. The molecule has 2 heteroatoms. The van der Waals surface area contributed by atoms with Crippen molar-refractivity contribution in [3.8, 4) is 0 Å². The summed E-state index contributed by atoms with van der Waals surface area (Å²) >= 11 is 2.37. The lowest BCUT2D eigenvalue weighted by molar-refractivity contribution is 0.527. The molecule has 1 aromatic rings. The van der Waals surface area contributed by atoms with E-state index < -0.39 is 0 Å². The highest BCUT2D eigenvalue weighted by molar-refractivity contribution is 14.1. The van der Waals surface area contributed by atoms with Crippen LogP contribution in [-0.2, 0) is 0 Å². The lowest BCUT2D eigenvalue weighted by Crippen LogP contribution is -2.16. The molecule has 1 N–H and O–H groups in total. The minimum absolute atomic E-state index is 0.559. The van der Waals surface area contributed by atoms with E-state index in [0.717, 1.165) is 5.92 Å². The van der Waals surface area contributed by atoms with Crippen LogP contribution in [0.3, 0.4) is 0 Å². The van der Waals surface area contributed by atoms with E-state index >= 15 is 0 Å². The molecule has 0 aliphatic rings. The van der Waals surface area contributed by atoms with E-state index in [-0.39, 0.29) is 0 Å². The van der Waals surface area contributed by atoms with Gasteiger partial charge in [-0.25, -0.2) is 0 Å². The molecule has 0 saturated carbocycles. The number of hydrogen-bond acceptors (Lipinski definition) is 1. The summed E-state index contributed by atoms with van der Waals surface area (Å²) < 4.78 is 1.30. The first-order chi connectivity index (χ1) is 7.09. The average molecular weight is 317 g/mol. The second-order valence-electron chi connectivity index (χ2n) is 4.50. The van der Waals surface area contributed by atoms with E-state index in [9.17, 15) is 0 Å². The Kier molecular flexibility index (Phi) is 5.43. The number of hydrogen-bond donors (Lipinski definition) is 1. The van der Waals surface area contributed by atoms with Gasteiger partial charge in [0.25, 0.3) is 0 Å². The Hall–Kier alpha value is -0.250. The molecule has 0 heterocycles. The monoisotopic (exact) mass is 317 g/mol. The summed E-state index contributed by atoms with van der Waals surface area (Å²) in [6, 6.07) is 9.00. The molecule has 1 atom stereocenters. The Morgan fingerprint density at radius 3 is 2.40 bits per heavy atom. The second kappa shape index (κ2) is 6.36. The standard InChI is InChI=1S/C13H20IN/c1-10(2)8-9-11(3)15-13-7-5-4-6-12(13)14/h4-7,10-11,15H,8-9H2,1-3H3. The molecular formula is C13H20IN. The Labute approximate surface area is 107 Å². The highest BCUT2D eigenvalue weighted by atomic mass is 127. The van der Waals surface area contributed by atoms with Gasteiger partial charge in [0.15, 0.2) is 0 Å². The first kappa shape index (κ1) is 12.8. The minimum Gasteiger partial charge on any atom is -0.382 e. The highest BCUT2D eigenvalue weighted by Gasteiger charge is 2.05. The van der Waals surface area contributed by atoms with Crippen LogP contribution in [0.2, 0.25) is 0 Å². The molecule has 15 heavy (non-hydrogen) atoms. The third-order valence-corrected chi connectivity index (χ3v) is 3.39. The molecule has 1 unspecified atom stereocenters. The summed E-state index contributed by atoms with van der Waals surface area (Å²) in [6.45, 7) is 6.81. The fraction of sp³-hybridized carbons (Fsp3) is 0.538. The zero-order valence-electron chi connectivity index (χ0n) is 9.76. The zero-order chi connectivity index (χ0) is 11.3. The summed E-state index contributed by atoms with van der Waals surface area (Å²) in [5, 5.41) is 3.56. The lowest BCUT2D eigenvalue weighted by atomic mass is 10.0. The lowest BCUT2D eigenvalue weighted by Gasteiger charge is -2.17. The van der Waals surface area contributed by atoms with Gasteiger partial charge >= 0.3 is 0 Å². The van der Waals surface area contributed by atoms with E-state index in [1.54, 1.807) is 0 Å². The molecule has 0 aliphatic carbocycles. The van der Waals surface area contributed by atoms with Gasteiger partial charge in [-0.1, -0.05) is 26.0 Å². The number of para-hydroxylation sites is 1. The maximum atomic E-state index is 3.56. The fourth-order valence-electron chi connectivity index (χ4n) is 1.50. The number of nitrogens with one attached hydrogen (secondary N) is 1. The molecule has 0 radical (unpaired) electrons. The summed E-state index contributed by atoms with van der Waals surface area (Å²) in [7, 11) is 0. The van der Waals surface area contributed by atoms with E-state index in [1.807, 2.05) is 0 Å². The van der Waals surface area contributed by atoms with Crippen LogP contribution in [0.1, 0.15) is 33.6 Å². The molecule has 1 aromatic carbocycles. The van der Waals surface area contributed by atoms with Crippen molar-refractivity contribution < 1.29 is 0 Å². The zero-order valence-corrected chi connectivity index (χ0v) is 11.9. The van der Waals surface area contributed by atoms with Crippen LogP contribution in [0, 0.1) is 9.49 Å². The van der Waals surface area contributed by atoms with Crippen LogP contribution in [0.15, 0.2) is 24.3 Å². The topological polar surface area (TPSA) is 12.0 Å². The van der Waals surface area contributed by atoms with Crippen LogP contribution in [0.4, 0.5) is 5.69 Å². The highest BCUT2D eigenvalue weighted by Crippen LogP contribution is 2.19. The van der Waals surface area contributed by atoms with Gasteiger partial charge in [0.05, 0.1) is 0 Å². The smallest absolute Gasteiger partial charge is 0.0477 e. The van der Waals surface area contributed by atoms with Crippen molar-refractivity contribution >= 4 is 28.3 Å². The number of halogens is 1. The maximum Gasteiger partial charge on any atom is 0.0477 e. The van der Waals surface area contributed by atoms with Gasteiger partial charge in [0, 0.05) is 15.3 Å². The Bertz CT molecular complexity index is 296. The third-order valence-electron chi connectivity index (χ3n) is 2.45. The van der Waals surface area contributed by atoms with Crippen LogP contribution in [0.25, 0.3) is 0 Å². The van der Waals surface area contributed by atoms with Gasteiger partial charge in [-0.15, -0.1) is 0 Å². The molecule has 1 rings (SSSR count). The van der Waals surface area contributed by atoms with Crippen LogP contribution >= 0.6 is 22.6 Å². The number of anilines is 1. The van der Waals surface area contributed by atoms with E-state index in [4.69, 9.17) is 0 Å². The summed E-state index contributed by atoms with van der Waals surface area (Å²) in [6.07, 6.45) is 2.53. The first-order valence-electron chi connectivity index (χ1n) is 5.60. The van der Waals surface area contributed by atoms with E-state index in [2.05, 4.69) is 72.9 Å². The number of benzene rings is 1. The van der Waals surface area contributed by atoms with Gasteiger partial charge in [-0.2, -0.15) is 0 Å². The minimum atomic E-state index is 0.559. The Morgan fingerprint density at radius 2 is 1.80 bits per heavy atom. The van der Waals surface area contributed by atoms with Crippen molar-refractivity contribution in [1.82, 2.24) is 0 Å². The Morgan fingerprint density at radius 1 is 1.13 bits per heavy atom. The summed E-state index contributed by atoms with van der Waals surface area (Å²) in [4.78, 5) is 0. The van der Waals surface area contributed by atoms with Gasteiger partial charge in [0.2, 0.25) is 0 Å². The van der Waals surface area contributed by atoms with E-state index in [1.165, 1.54) is 22.1 Å². The molecule has 0 fully saturated rings. The quantitative estimate of drug-likeness (QED) is 0.787. The molecule has 0 aliphatic heterocycles. The van der Waals surface area contributed by atoms with Gasteiger partial charge < -0.3 is 5.32 Å². The van der Waals surface area contributed by atoms with Crippen molar-refractivity contribution in [2.45, 2.75) is 39.7 Å². The van der Waals surface area contributed by atoms with Crippen molar-refractivity contribution in [3.63, 3.8) is 0 Å². The van der Waals surface area contributed by atoms with Crippen molar-refractivity contribution in [2.75, 3.05) is 5.32 Å². The molecule has 0 saturated heterocycles. The molecule has 0 aromatic heterocycles. The molecule has 84 valence electrons. The maximum absolute atomic E-state index is 3.56. The SMILES string of the molecule is CC(C)CCC(C)Nc1ccccc1I. The molecule has 0 bridgehead atoms. The second-order valence-corrected chi connectivity index (χ2v) is 5.66. The van der Waals surface area contributed by atoms with Crippen LogP contribution in [-0.4, -0.2) is 6.04 Å². The molecular weight excluding hydrogens is 297 g/mol. The van der Waals surface area contributed by atoms with Gasteiger partial charge in [0.1, 0.15) is 0 Å². The average Bonchev–Trinajstić information content (AvgIpc) is 2.18. The van der Waals surface area contributed by atoms with Gasteiger partial charge in [-0.3, -0.25) is 0 Å². The summed E-state index contributed by atoms with van der Waals surface area (Å²) in [5.74, 6) is 0.795. The van der Waals surface area contributed by atoms with Crippen molar-refractivity contribution in [2.24, 2.45) is 5.92 Å². The van der Waals surface area contributed by atoms with Crippen LogP contribution < -0.4 is 5.32 Å². The largest absolute Gasteiger partial charge is 0.382 e. The van der Waals surface area contributed by atoms with Crippen LogP contribution in [0.5, 0.6) is 0 Å². The van der Waals surface area contributed by atoms with E-state index in [0.29, 0.717) is 6.04 Å². The predicted molar refractivity (Wildman–Crippen MR) is 76.3 cm³/mol. The third kappa shape index (κ3) is 4.87. The predicted octanol–water partition coefficient (Wildman–Crippen LogP) is 4.53. The molecule has 0 spiro atoms.